The molecule has 2 aromatic rings. The fourth-order valence-corrected chi connectivity index (χ4v) is 2.89. The highest BCUT2D eigenvalue weighted by Crippen LogP contribution is 2.36. The molecule has 2 N–H and O–H groups in total. The summed E-state index contributed by atoms with van der Waals surface area (Å²) >= 11 is 0. The third-order valence-electron chi connectivity index (χ3n) is 4.35. The second-order valence-electron chi connectivity index (χ2n) is 6.06. The van der Waals surface area contributed by atoms with Gasteiger partial charge in [-0.05, 0) is 31.0 Å². The lowest BCUT2D eigenvalue weighted by Crippen LogP contribution is -2.17. The van der Waals surface area contributed by atoms with Gasteiger partial charge in [0.05, 0.1) is 11.3 Å². The van der Waals surface area contributed by atoms with Crippen LogP contribution < -0.4 is 5.32 Å². The minimum absolute atomic E-state index is 0.0970. The molecule has 1 heterocycles. The summed E-state index contributed by atoms with van der Waals surface area (Å²) in [7, 11) is 1.90. The summed E-state index contributed by atoms with van der Waals surface area (Å²) in [6, 6.07) is 3.85. The Labute approximate surface area is 134 Å². The normalized spacial score (nSPS) is 14.7. The summed E-state index contributed by atoms with van der Waals surface area (Å²) in [5, 5.41) is 16.7. The number of benzene rings is 1. The van der Waals surface area contributed by atoms with Crippen molar-refractivity contribution in [3.63, 3.8) is 0 Å². The number of carbonyl (C=O) groups is 1. The highest BCUT2D eigenvalue weighted by atomic mass is 19.1. The molecule has 5 nitrogen and oxygen atoms in total. The van der Waals surface area contributed by atoms with Gasteiger partial charge in [-0.15, -0.1) is 0 Å². The van der Waals surface area contributed by atoms with Gasteiger partial charge in [-0.3, -0.25) is 4.68 Å². The summed E-state index contributed by atoms with van der Waals surface area (Å²) in [6.45, 7) is 0.877. The van der Waals surface area contributed by atoms with E-state index < -0.39 is 11.8 Å². The summed E-state index contributed by atoms with van der Waals surface area (Å²) in [6.07, 6.45) is 5.60. The number of hydrogen-bond donors (Lipinski definition) is 2. The lowest BCUT2D eigenvalue weighted by atomic mass is 9.81. The zero-order valence-corrected chi connectivity index (χ0v) is 13.1. The number of nitrogens with one attached hydrogen (secondary N) is 1. The molecule has 1 saturated carbocycles. The fraction of sp³-hybridized carbons (Fsp3) is 0.412. The van der Waals surface area contributed by atoms with Crippen LogP contribution in [0, 0.1) is 5.82 Å². The number of aromatic nitrogens is 2. The smallest absolute Gasteiger partial charge is 0.335 e. The van der Waals surface area contributed by atoms with E-state index in [1.165, 1.54) is 37.5 Å². The second kappa shape index (κ2) is 6.50. The van der Waals surface area contributed by atoms with Gasteiger partial charge >= 0.3 is 5.97 Å². The van der Waals surface area contributed by atoms with Gasteiger partial charge < -0.3 is 10.4 Å². The molecule has 0 atom stereocenters. The van der Waals surface area contributed by atoms with Crippen molar-refractivity contribution in [1.82, 2.24) is 15.1 Å². The molecule has 0 unspecified atom stereocenters. The van der Waals surface area contributed by atoms with E-state index >= 15 is 0 Å². The molecule has 6 heteroatoms. The average molecular weight is 317 g/mol. The first-order valence-electron chi connectivity index (χ1n) is 7.79. The molecule has 1 aliphatic carbocycles. The number of rotatable bonds is 6. The van der Waals surface area contributed by atoms with Crippen LogP contribution in [0.3, 0.4) is 0 Å². The van der Waals surface area contributed by atoms with Crippen LogP contribution in [0.2, 0.25) is 0 Å². The number of carboxylic acids is 1. The maximum atomic E-state index is 13.8. The van der Waals surface area contributed by atoms with Crippen LogP contribution >= 0.6 is 0 Å². The van der Waals surface area contributed by atoms with Crippen molar-refractivity contribution in [2.24, 2.45) is 7.05 Å². The first-order chi connectivity index (χ1) is 11.0. The number of nitrogens with zero attached hydrogens (tertiary/aromatic N) is 2. The Kier molecular flexibility index (Phi) is 4.43. The monoisotopic (exact) mass is 317 g/mol. The van der Waals surface area contributed by atoms with E-state index in [2.05, 4.69) is 10.4 Å². The third-order valence-corrected chi connectivity index (χ3v) is 4.35. The first-order valence-corrected chi connectivity index (χ1v) is 7.79. The minimum atomic E-state index is -1.05. The van der Waals surface area contributed by atoms with E-state index in [4.69, 9.17) is 5.11 Å². The number of hydrogen-bond acceptors (Lipinski definition) is 3. The SMILES string of the molecule is Cn1cc(CNCc2cc(C(=O)O)ccc2F)c(C2CCC2)n1. The van der Waals surface area contributed by atoms with Crippen LogP contribution in [0.5, 0.6) is 0 Å². The largest absolute Gasteiger partial charge is 0.478 e. The Morgan fingerprint density at radius 1 is 1.39 bits per heavy atom. The van der Waals surface area contributed by atoms with E-state index in [1.807, 2.05) is 17.9 Å². The van der Waals surface area contributed by atoms with Crippen molar-refractivity contribution < 1.29 is 14.3 Å². The van der Waals surface area contributed by atoms with Crippen LogP contribution in [-0.4, -0.2) is 20.9 Å². The molecule has 0 radical (unpaired) electrons. The van der Waals surface area contributed by atoms with Crippen LogP contribution in [0.15, 0.2) is 24.4 Å². The Morgan fingerprint density at radius 2 is 2.13 bits per heavy atom. The Balaban J connectivity index is 1.66. The van der Waals surface area contributed by atoms with Crippen molar-refractivity contribution in [3.8, 4) is 0 Å². The molecular weight excluding hydrogens is 297 g/mol. The van der Waals surface area contributed by atoms with Crippen molar-refractivity contribution in [2.75, 3.05) is 0 Å². The van der Waals surface area contributed by atoms with Gasteiger partial charge in [-0.25, -0.2) is 9.18 Å². The maximum absolute atomic E-state index is 13.8. The molecule has 0 bridgehead atoms. The lowest BCUT2D eigenvalue weighted by molar-refractivity contribution is 0.0696. The van der Waals surface area contributed by atoms with E-state index in [0.717, 1.165) is 11.3 Å². The summed E-state index contributed by atoms with van der Waals surface area (Å²) in [5.74, 6) is -0.904. The van der Waals surface area contributed by atoms with E-state index in [1.54, 1.807) is 0 Å². The van der Waals surface area contributed by atoms with Gasteiger partial charge in [0.15, 0.2) is 0 Å². The molecule has 1 fully saturated rings. The van der Waals surface area contributed by atoms with Crippen LogP contribution in [0.25, 0.3) is 0 Å². The number of aryl methyl sites for hydroxylation is 1. The number of halogens is 1. The third kappa shape index (κ3) is 3.42. The van der Waals surface area contributed by atoms with Crippen molar-refractivity contribution in [3.05, 3.63) is 52.6 Å². The Hall–Kier alpha value is -2.21. The number of carboxylic acid groups (broad SMARTS) is 1. The predicted molar refractivity (Wildman–Crippen MR) is 83.7 cm³/mol. The molecule has 0 amide bonds. The molecule has 1 aliphatic rings. The average Bonchev–Trinajstić information content (AvgIpc) is 2.79. The second-order valence-corrected chi connectivity index (χ2v) is 6.06. The standard InChI is InChI=1S/C17H20FN3O2/c1-21-10-14(16(20-21)11-3-2-4-11)9-19-8-13-7-12(17(22)23)5-6-15(13)18/h5-7,10-11,19H,2-4,8-9H2,1H3,(H,22,23). The molecule has 1 aromatic heterocycles. The maximum Gasteiger partial charge on any atom is 0.335 e. The first kappa shape index (κ1) is 15.7. The lowest BCUT2D eigenvalue weighted by Gasteiger charge is -2.24. The van der Waals surface area contributed by atoms with Crippen molar-refractivity contribution in [2.45, 2.75) is 38.3 Å². The van der Waals surface area contributed by atoms with E-state index in [9.17, 15) is 9.18 Å². The zero-order valence-electron chi connectivity index (χ0n) is 13.1. The zero-order chi connectivity index (χ0) is 16.4. The van der Waals surface area contributed by atoms with E-state index in [0.29, 0.717) is 18.0 Å². The van der Waals surface area contributed by atoms with Crippen LogP contribution in [-0.2, 0) is 20.1 Å². The Morgan fingerprint density at radius 3 is 2.78 bits per heavy atom. The van der Waals surface area contributed by atoms with Gasteiger partial charge in [-0.1, -0.05) is 6.42 Å². The molecule has 0 saturated heterocycles. The molecular formula is C17H20FN3O2. The molecule has 122 valence electrons. The minimum Gasteiger partial charge on any atom is -0.478 e. The van der Waals surface area contributed by atoms with Gasteiger partial charge in [-0.2, -0.15) is 5.10 Å². The highest BCUT2D eigenvalue weighted by molar-refractivity contribution is 5.87. The predicted octanol–water partition coefficient (Wildman–Crippen LogP) is 2.81. The molecule has 3 rings (SSSR count). The molecule has 0 aliphatic heterocycles. The van der Waals surface area contributed by atoms with Crippen molar-refractivity contribution >= 4 is 5.97 Å². The van der Waals surface area contributed by atoms with E-state index in [-0.39, 0.29) is 12.1 Å². The van der Waals surface area contributed by atoms with Gasteiger partial charge in [0.2, 0.25) is 0 Å². The summed E-state index contributed by atoms with van der Waals surface area (Å²) in [4.78, 5) is 11.0. The van der Waals surface area contributed by atoms with Gasteiger partial charge in [0, 0.05) is 43.4 Å². The van der Waals surface area contributed by atoms with Crippen LogP contribution in [0.4, 0.5) is 4.39 Å². The summed E-state index contributed by atoms with van der Waals surface area (Å²) < 4.78 is 15.6. The highest BCUT2D eigenvalue weighted by Gasteiger charge is 2.24. The summed E-state index contributed by atoms with van der Waals surface area (Å²) in [5.41, 5.74) is 2.72. The molecule has 1 aromatic carbocycles. The van der Waals surface area contributed by atoms with Gasteiger partial charge in [0.1, 0.15) is 5.82 Å². The fourth-order valence-electron chi connectivity index (χ4n) is 2.89. The van der Waals surface area contributed by atoms with Crippen molar-refractivity contribution in [1.29, 1.82) is 0 Å². The number of aromatic carboxylic acids is 1. The van der Waals surface area contributed by atoms with Gasteiger partial charge in [0.25, 0.3) is 0 Å². The van der Waals surface area contributed by atoms with Crippen LogP contribution in [0.1, 0.15) is 52.4 Å². The topological polar surface area (TPSA) is 67.2 Å². The molecule has 0 spiro atoms. The Bertz CT molecular complexity index is 723. The quantitative estimate of drug-likeness (QED) is 0.860. The molecule has 23 heavy (non-hydrogen) atoms.